The third-order valence-corrected chi connectivity index (χ3v) is 7.01. The largest absolute Gasteiger partial charge is 0.494 e. The summed E-state index contributed by atoms with van der Waals surface area (Å²) >= 11 is 6.53. The highest BCUT2D eigenvalue weighted by molar-refractivity contribution is 6.31. The fourth-order valence-corrected chi connectivity index (χ4v) is 5.32. The van der Waals surface area contributed by atoms with Gasteiger partial charge in [0.2, 0.25) is 5.91 Å². The molecule has 1 aromatic heterocycles. The van der Waals surface area contributed by atoms with Crippen molar-refractivity contribution in [1.82, 2.24) is 10.3 Å². The standard InChI is InChI=1S/C26H26ClN3O3/c1-2-11-33-18-8-10-22(27)21(13-18)16-7-9-20-23(12-16)29-26(32)30(25(20)31)24-15-28-14-17-5-3-4-6-19(17)24/h3-6,8,10,13-16,20,23H,2,7,9,11-12H2,1H3,(H,29,32). The Bertz CT molecular complexity index is 1210. The Labute approximate surface area is 197 Å². The summed E-state index contributed by atoms with van der Waals surface area (Å²) in [4.78, 5) is 32.1. The molecule has 1 N–H and O–H groups in total. The van der Waals surface area contributed by atoms with E-state index in [4.69, 9.17) is 16.3 Å². The van der Waals surface area contributed by atoms with Crippen LogP contribution in [-0.4, -0.2) is 29.6 Å². The fourth-order valence-electron chi connectivity index (χ4n) is 5.05. The average molecular weight is 464 g/mol. The van der Waals surface area contributed by atoms with E-state index in [0.717, 1.165) is 34.9 Å². The molecule has 2 aromatic carbocycles. The lowest BCUT2D eigenvalue weighted by Crippen LogP contribution is -2.61. The summed E-state index contributed by atoms with van der Waals surface area (Å²) in [5.41, 5.74) is 1.55. The highest BCUT2D eigenvalue weighted by atomic mass is 35.5. The molecule has 3 unspecified atom stereocenters. The van der Waals surface area contributed by atoms with Gasteiger partial charge in [-0.1, -0.05) is 42.8 Å². The van der Waals surface area contributed by atoms with E-state index < -0.39 is 6.03 Å². The maximum Gasteiger partial charge on any atom is 0.329 e. The maximum atomic E-state index is 13.5. The highest BCUT2D eigenvalue weighted by Gasteiger charge is 2.45. The van der Waals surface area contributed by atoms with Crippen LogP contribution in [0, 0.1) is 5.92 Å². The summed E-state index contributed by atoms with van der Waals surface area (Å²) < 4.78 is 5.79. The number of pyridine rings is 1. The van der Waals surface area contributed by atoms with E-state index in [9.17, 15) is 9.59 Å². The second-order valence-corrected chi connectivity index (χ2v) is 9.16. The zero-order valence-electron chi connectivity index (χ0n) is 18.5. The normalized spacial score (nSPS) is 22.7. The number of anilines is 1. The van der Waals surface area contributed by atoms with Crippen LogP contribution in [0.2, 0.25) is 5.02 Å². The summed E-state index contributed by atoms with van der Waals surface area (Å²) in [6.07, 6.45) is 6.43. The predicted octanol–water partition coefficient (Wildman–Crippen LogP) is 5.69. The zero-order valence-corrected chi connectivity index (χ0v) is 19.2. The lowest BCUT2D eigenvalue weighted by atomic mass is 9.74. The van der Waals surface area contributed by atoms with E-state index in [-0.39, 0.29) is 23.8 Å². The number of halogens is 1. The van der Waals surface area contributed by atoms with Gasteiger partial charge in [-0.2, -0.15) is 0 Å². The Morgan fingerprint density at radius 3 is 2.85 bits per heavy atom. The Balaban J connectivity index is 1.39. The number of carbonyl (C=O) groups excluding carboxylic acids is 2. The number of ether oxygens (including phenoxy) is 1. The molecule has 1 aliphatic carbocycles. The number of urea groups is 1. The summed E-state index contributed by atoms with van der Waals surface area (Å²) in [5.74, 6) is 0.530. The van der Waals surface area contributed by atoms with Gasteiger partial charge in [-0.25, -0.2) is 9.69 Å². The molecule has 33 heavy (non-hydrogen) atoms. The van der Waals surface area contributed by atoms with Crippen LogP contribution < -0.4 is 15.0 Å². The van der Waals surface area contributed by atoms with E-state index in [1.807, 2.05) is 42.5 Å². The molecule has 170 valence electrons. The lowest BCUT2D eigenvalue weighted by molar-refractivity contribution is -0.124. The molecule has 3 atom stereocenters. The number of hydrogen-bond acceptors (Lipinski definition) is 4. The van der Waals surface area contributed by atoms with Crippen molar-refractivity contribution in [3.63, 3.8) is 0 Å². The first-order chi connectivity index (χ1) is 16.1. The van der Waals surface area contributed by atoms with Crippen LogP contribution in [0.1, 0.15) is 44.1 Å². The van der Waals surface area contributed by atoms with E-state index >= 15 is 0 Å². The van der Waals surface area contributed by atoms with Crippen molar-refractivity contribution >= 4 is 40.0 Å². The van der Waals surface area contributed by atoms with E-state index in [1.54, 1.807) is 12.4 Å². The number of carbonyl (C=O) groups is 2. The van der Waals surface area contributed by atoms with Crippen molar-refractivity contribution in [3.05, 3.63) is 65.4 Å². The second-order valence-electron chi connectivity index (χ2n) is 8.76. The molecule has 5 rings (SSSR count). The van der Waals surface area contributed by atoms with Crippen LogP contribution in [0.3, 0.4) is 0 Å². The minimum absolute atomic E-state index is 0.155. The summed E-state index contributed by atoms with van der Waals surface area (Å²) in [6.45, 7) is 2.72. The van der Waals surface area contributed by atoms with Gasteiger partial charge in [-0.3, -0.25) is 9.78 Å². The van der Waals surface area contributed by atoms with Gasteiger partial charge in [0.15, 0.2) is 0 Å². The summed E-state index contributed by atoms with van der Waals surface area (Å²) in [7, 11) is 0. The smallest absolute Gasteiger partial charge is 0.329 e. The molecule has 3 aromatic rings. The van der Waals surface area contributed by atoms with Crippen molar-refractivity contribution in [1.29, 1.82) is 0 Å². The first kappa shape index (κ1) is 21.7. The zero-order chi connectivity index (χ0) is 22.9. The van der Waals surface area contributed by atoms with Crippen LogP contribution in [0.15, 0.2) is 54.9 Å². The number of amides is 3. The molecule has 1 saturated carbocycles. The number of imide groups is 1. The second kappa shape index (κ2) is 9.02. The molecule has 0 spiro atoms. The quantitative estimate of drug-likeness (QED) is 0.528. The molecule has 1 saturated heterocycles. The Kier molecular flexibility index (Phi) is 5.94. The van der Waals surface area contributed by atoms with Crippen LogP contribution in [0.25, 0.3) is 10.8 Å². The number of rotatable bonds is 5. The molecule has 0 bridgehead atoms. The topological polar surface area (TPSA) is 71.5 Å². The number of hydrogen-bond donors (Lipinski definition) is 1. The SMILES string of the molecule is CCCOc1ccc(Cl)c(C2CCC3C(=O)N(c4cncc5ccccc45)C(=O)NC3C2)c1. The first-order valence-electron chi connectivity index (χ1n) is 11.5. The molecule has 2 heterocycles. The van der Waals surface area contributed by atoms with Gasteiger partial charge in [0, 0.05) is 28.0 Å². The summed E-state index contributed by atoms with van der Waals surface area (Å²) in [6, 6.07) is 12.8. The minimum atomic E-state index is -0.397. The molecular weight excluding hydrogens is 438 g/mol. The van der Waals surface area contributed by atoms with Crippen LogP contribution in [0.4, 0.5) is 10.5 Å². The third kappa shape index (κ3) is 4.04. The Morgan fingerprint density at radius 1 is 1.15 bits per heavy atom. The van der Waals surface area contributed by atoms with Crippen molar-refractivity contribution in [2.45, 2.75) is 44.6 Å². The first-order valence-corrected chi connectivity index (χ1v) is 11.8. The molecule has 3 amide bonds. The van der Waals surface area contributed by atoms with Gasteiger partial charge in [0.05, 0.1) is 24.4 Å². The third-order valence-electron chi connectivity index (χ3n) is 6.67. The predicted molar refractivity (Wildman–Crippen MR) is 129 cm³/mol. The van der Waals surface area contributed by atoms with Crippen molar-refractivity contribution in [2.75, 3.05) is 11.5 Å². The maximum absolute atomic E-state index is 13.5. The van der Waals surface area contributed by atoms with Crippen LogP contribution in [-0.2, 0) is 4.79 Å². The van der Waals surface area contributed by atoms with Gasteiger partial charge in [0.25, 0.3) is 0 Å². The van der Waals surface area contributed by atoms with Gasteiger partial charge in [0.1, 0.15) is 5.75 Å². The van der Waals surface area contributed by atoms with Gasteiger partial charge < -0.3 is 10.1 Å². The molecule has 2 aliphatic rings. The van der Waals surface area contributed by atoms with Crippen LogP contribution >= 0.6 is 11.6 Å². The molecule has 0 radical (unpaired) electrons. The van der Waals surface area contributed by atoms with E-state index in [1.165, 1.54) is 4.90 Å². The summed E-state index contributed by atoms with van der Waals surface area (Å²) in [5, 5.41) is 5.51. The van der Waals surface area contributed by atoms with Crippen molar-refractivity contribution in [2.24, 2.45) is 5.92 Å². The minimum Gasteiger partial charge on any atom is -0.494 e. The number of nitrogens with zero attached hydrogens (tertiary/aromatic N) is 2. The van der Waals surface area contributed by atoms with E-state index in [0.29, 0.717) is 30.2 Å². The molecule has 6 nitrogen and oxygen atoms in total. The average Bonchev–Trinajstić information content (AvgIpc) is 2.83. The molecule has 1 aliphatic heterocycles. The Hall–Kier alpha value is -3.12. The number of aromatic nitrogens is 1. The monoisotopic (exact) mass is 463 g/mol. The number of nitrogens with one attached hydrogen (secondary N) is 1. The Morgan fingerprint density at radius 2 is 2.00 bits per heavy atom. The van der Waals surface area contributed by atoms with Gasteiger partial charge >= 0.3 is 6.03 Å². The van der Waals surface area contributed by atoms with Crippen molar-refractivity contribution in [3.8, 4) is 5.75 Å². The fraction of sp³-hybridized carbons (Fsp3) is 0.346. The number of fused-ring (bicyclic) bond motifs is 2. The number of benzene rings is 2. The van der Waals surface area contributed by atoms with Gasteiger partial charge in [-0.15, -0.1) is 0 Å². The van der Waals surface area contributed by atoms with Gasteiger partial charge in [-0.05, 0) is 55.4 Å². The molecular formula is C26H26ClN3O3. The van der Waals surface area contributed by atoms with E-state index in [2.05, 4.69) is 17.2 Å². The lowest BCUT2D eigenvalue weighted by Gasteiger charge is -2.42. The highest BCUT2D eigenvalue weighted by Crippen LogP contribution is 2.42. The van der Waals surface area contributed by atoms with Crippen molar-refractivity contribution < 1.29 is 14.3 Å². The van der Waals surface area contributed by atoms with Crippen LogP contribution in [0.5, 0.6) is 5.75 Å². The molecule has 2 fully saturated rings. The molecule has 7 heteroatoms.